The van der Waals surface area contributed by atoms with Crippen LogP contribution in [0, 0.1) is 18.6 Å². The van der Waals surface area contributed by atoms with E-state index >= 15 is 0 Å². The van der Waals surface area contributed by atoms with E-state index in [1.165, 1.54) is 121 Å². The van der Waals surface area contributed by atoms with E-state index in [2.05, 4.69) is 261 Å². The van der Waals surface area contributed by atoms with Gasteiger partial charge in [0.25, 0.3) is 0 Å². The van der Waals surface area contributed by atoms with Crippen molar-refractivity contribution in [1.29, 1.82) is 0 Å². The van der Waals surface area contributed by atoms with Crippen molar-refractivity contribution in [1.82, 2.24) is 54.4 Å². The molecule has 0 bridgehead atoms. The van der Waals surface area contributed by atoms with Crippen molar-refractivity contribution >= 4 is 174 Å². The zero-order valence-electron chi connectivity index (χ0n) is 78.5. The Balaban J connectivity index is 0.000000182. The van der Waals surface area contributed by atoms with Crippen LogP contribution in [-0.2, 0) is 47.6 Å². The van der Waals surface area contributed by atoms with E-state index in [1.54, 1.807) is 57.0 Å². The molecule has 5 saturated heterocycles. The average Bonchev–Trinajstić information content (AvgIpc) is 1.62. The minimum atomic E-state index is -0.627. The molecule has 10 heterocycles. The molecular weight excluding hydrogens is 2030 g/mol. The Bertz CT molecular complexity index is 5390. The molecule has 0 radical (unpaired) electrons. The van der Waals surface area contributed by atoms with Crippen molar-refractivity contribution in [2.45, 2.75) is 170 Å². The number of ether oxygens (including phenoxy) is 2. The summed E-state index contributed by atoms with van der Waals surface area (Å²) in [7, 11) is 8.12. The number of aryl methyl sites for hydroxylation is 1. The van der Waals surface area contributed by atoms with Gasteiger partial charge in [0.05, 0.1) is 51.7 Å². The largest absolute Gasteiger partial charge is 0.0622 e. The molecular formula is C103H125B2Cl8F2N13O6P2Pd. The molecule has 137 heavy (non-hydrogen) atoms. The molecule has 5 aliphatic rings. The van der Waals surface area contributed by atoms with Gasteiger partial charge in [-0.15, -0.1) is 24.0 Å². The molecule has 5 aromatic heterocycles. The van der Waals surface area contributed by atoms with Gasteiger partial charge >= 0.3 is 49.2 Å². The van der Waals surface area contributed by atoms with Crippen LogP contribution >= 0.6 is 105 Å². The van der Waals surface area contributed by atoms with Crippen molar-refractivity contribution in [2.24, 2.45) is 0 Å². The zero-order valence-corrected chi connectivity index (χ0v) is 88.0. The van der Waals surface area contributed by atoms with E-state index in [-0.39, 0.29) is 94.1 Å². The van der Waals surface area contributed by atoms with Crippen LogP contribution in [-0.4, -0.2) is 156 Å². The summed E-state index contributed by atoms with van der Waals surface area (Å²) in [5, 5.41) is 24.5. The minimum absolute atomic E-state index is 0. The van der Waals surface area contributed by atoms with Gasteiger partial charge in [-0.3, -0.25) is 14.5 Å². The van der Waals surface area contributed by atoms with Gasteiger partial charge in [-0.25, -0.2) is 18.7 Å². The van der Waals surface area contributed by atoms with Gasteiger partial charge in [0, 0.05) is 112 Å². The van der Waals surface area contributed by atoms with E-state index in [4.69, 9.17) is 117 Å². The van der Waals surface area contributed by atoms with E-state index in [9.17, 15) is 8.78 Å². The number of aromatic nitrogens is 8. The number of aromatic amines is 1. The molecule has 0 amide bonds. The number of alkyl halides is 1. The van der Waals surface area contributed by atoms with Crippen LogP contribution in [0.2, 0.25) is 20.1 Å². The van der Waals surface area contributed by atoms with Gasteiger partial charge in [-0.1, -0.05) is 236 Å². The van der Waals surface area contributed by atoms with Gasteiger partial charge in [0.1, 0.15) is 23.8 Å². The number of hydrogen-bond donors (Lipinski definition) is 3. The summed E-state index contributed by atoms with van der Waals surface area (Å²) < 4.78 is 66.8. The number of nitrogens with zero attached hydrogens (tertiary/aromatic N) is 10. The van der Waals surface area contributed by atoms with Gasteiger partial charge in [-0.05, 0) is 244 Å². The van der Waals surface area contributed by atoms with E-state index in [0.717, 1.165) is 79.3 Å². The summed E-state index contributed by atoms with van der Waals surface area (Å²) in [6.45, 7) is 34.0. The predicted molar refractivity (Wildman–Crippen MR) is 570 cm³/mol. The maximum Gasteiger partial charge on any atom is -0.0134 e. The molecule has 34 heteroatoms. The van der Waals surface area contributed by atoms with E-state index < -0.39 is 39.7 Å². The number of hydrogen-bond acceptors (Lipinski definition) is 16. The number of anilines is 2. The Morgan fingerprint density at radius 1 is 0.445 bits per heavy atom. The SMILES string of the molecule is C.CC(Oc1cc(-c2cnn(CCN3CCCC3)c2)cnc1N)c1c(Cl)ccc(F)c1Cl.CC1(C)OB(c2cn[nH]c2)OC1(C)C.CC1(C)OB(c2cnn(CCN3CCCC3)c2)OC1(C)C.Cc1cnc(N)c(OC(C)c2c(Cl)ccc(F)c2Cl)c1.Cl.ClCCN1CCCC1.[Cl][Pd][Cl].c1ccc(P(c2ccccc2)c2ccccc2)cc1.c1ccc(P(c2ccccc2)c2ccccc2)cc1. The molecule has 5 fully saturated rings. The zero-order chi connectivity index (χ0) is 96.7. The number of H-pyrrole nitrogens is 1. The normalized spacial score (nSPS) is 15.9. The summed E-state index contributed by atoms with van der Waals surface area (Å²) in [6, 6.07) is 73.5. The molecule has 8 aromatic carbocycles. The van der Waals surface area contributed by atoms with Crippen LogP contribution in [0.15, 0.2) is 268 Å². The predicted octanol–water partition coefficient (Wildman–Crippen LogP) is 22.4. The third-order valence-corrected chi connectivity index (χ3v) is 30.5. The second-order valence-corrected chi connectivity index (χ2v) is 43.6. The third-order valence-electron chi connectivity index (χ3n) is 24.0. The second kappa shape index (κ2) is 55.7. The van der Waals surface area contributed by atoms with Crippen LogP contribution < -0.4 is 63.7 Å². The smallest absolute Gasteiger partial charge is 0.0134 e. The molecule has 19 nitrogen and oxygen atoms in total. The molecule has 2 unspecified atom stereocenters. The first-order valence-electron chi connectivity index (χ1n) is 45.2. The molecule has 0 saturated carbocycles. The number of halogens is 10. The first-order valence-corrected chi connectivity index (χ1v) is 53.9. The summed E-state index contributed by atoms with van der Waals surface area (Å²) in [5.41, 5.74) is 15.9. The number of likely N-dealkylation sites (tertiary alicyclic amines) is 3. The molecule has 13 aromatic rings. The first kappa shape index (κ1) is 113. The molecule has 5 aliphatic heterocycles. The van der Waals surface area contributed by atoms with Crippen LogP contribution in [0.25, 0.3) is 11.1 Å². The average molecular weight is 2150 g/mol. The molecule has 18 rings (SSSR count). The Morgan fingerprint density at radius 2 is 0.774 bits per heavy atom. The van der Waals surface area contributed by atoms with Crippen molar-refractivity contribution in [3.8, 4) is 22.6 Å². The molecule has 2 atom stereocenters. The minimum Gasteiger partial charge on any atom is -0.0622 e. The van der Waals surface area contributed by atoms with E-state index in [0.29, 0.717) is 32.7 Å². The second-order valence-electron chi connectivity index (χ2n) is 34.8. The number of pyridine rings is 2. The maximum absolute atomic E-state index is 13.9. The third kappa shape index (κ3) is 33.0. The van der Waals surface area contributed by atoms with Crippen LogP contribution in [0.1, 0.15) is 144 Å². The van der Waals surface area contributed by atoms with Crippen molar-refractivity contribution in [3.63, 3.8) is 0 Å². The van der Waals surface area contributed by atoms with Gasteiger partial charge in [0.2, 0.25) is 0 Å². The van der Waals surface area contributed by atoms with Crippen molar-refractivity contribution in [2.75, 3.05) is 76.3 Å². The van der Waals surface area contributed by atoms with Gasteiger partial charge < -0.3 is 54.3 Å². The van der Waals surface area contributed by atoms with Crippen LogP contribution in [0.4, 0.5) is 20.4 Å². The summed E-state index contributed by atoms with van der Waals surface area (Å²) in [5.74, 6) is 0.946. The monoisotopic (exact) mass is 2150 g/mol. The summed E-state index contributed by atoms with van der Waals surface area (Å²) in [6.07, 6.45) is 21.3. The molecule has 0 spiro atoms. The number of nitrogens with one attached hydrogen (secondary N) is 1. The first-order chi connectivity index (χ1) is 64.9. The molecule has 0 aliphatic carbocycles. The topological polar surface area (TPSA) is 207 Å². The quantitative estimate of drug-likeness (QED) is 0.0236. The summed E-state index contributed by atoms with van der Waals surface area (Å²) >= 11 is 29.8. The Kier molecular flexibility index (Phi) is 46.0. The fraction of sp³-hybridized carbons (Fsp3) is 0.350. The van der Waals surface area contributed by atoms with Crippen molar-refractivity contribution in [3.05, 3.63) is 316 Å². The Morgan fingerprint density at radius 3 is 1.12 bits per heavy atom. The Hall–Kier alpha value is -7.56. The fourth-order valence-electron chi connectivity index (χ4n) is 15.3. The number of nitrogens with two attached hydrogens (primary N) is 2. The van der Waals surface area contributed by atoms with Gasteiger partial charge in [0.15, 0.2) is 23.1 Å². The number of benzene rings is 8. The standard InChI is InChI=1S/C22H24Cl2FN5O.2C18H15P.C15H26BN3O2.C14H13Cl2FN2O.C9H15BN2O2.C6H12ClN.CH4.3ClH.Pd/c1-14(20-17(23)4-5-18(25)21(20)24)31-19-10-15(11-27-22(19)26)16-12-28-30(13-16)9-8-29-6-2-3-7-29;2*1-4-10-16(11-5-1)19(17-12-6-2-7-13-17)18-14-8-3-9-15-18;1-14(2)15(3,4)21-16(20-14)13-11-17-19(12-13)10-9-18-7-5-6-8-18;1-7-5-11(14(18)19-6-7)20-8(2)12-9(15)3-4-10(17)13(12)16;1-8(2)9(3,4)14-10(13-8)7-5-11-12-6-7;7-3-6-8-4-1-2-5-8;;;;;/h4-5,10-14H,2-3,6-9H2,1H3,(H2,26,27);2*1-15H;11-12H,5-10H2,1-4H3;3-6,8H,1-2H3,(H2,18,19);5-6H,1-4H3,(H,11,12);1-6H2;1H4;3*1H;/q;;;;;;;;;;;+2/p-2. The number of nitrogen functional groups attached to an aromatic ring is 2. The molecule has 734 valence electrons. The van der Waals surface area contributed by atoms with Crippen LogP contribution in [0.3, 0.4) is 0 Å². The Labute approximate surface area is 859 Å². The van der Waals surface area contributed by atoms with Crippen molar-refractivity contribution < 1.29 is 52.8 Å². The van der Waals surface area contributed by atoms with E-state index in [1.807, 2.05) is 56.4 Å². The summed E-state index contributed by atoms with van der Waals surface area (Å²) in [4.78, 5) is 15.6. The van der Waals surface area contributed by atoms with Crippen LogP contribution in [0.5, 0.6) is 11.5 Å². The molecule has 5 N–H and O–H groups in total. The van der Waals surface area contributed by atoms with Gasteiger partial charge in [-0.2, -0.15) is 15.3 Å². The fourth-order valence-corrected chi connectivity index (χ4v) is 21.5. The maximum atomic E-state index is 13.9. The number of rotatable bonds is 23.